The van der Waals surface area contributed by atoms with Gasteiger partial charge in [-0.15, -0.1) is 0 Å². The maximum absolute atomic E-state index is 12.8. The van der Waals surface area contributed by atoms with Gasteiger partial charge in [0.2, 0.25) is 0 Å². The second-order valence-electron chi connectivity index (χ2n) is 6.65. The molecule has 1 aromatic rings. The minimum Gasteiger partial charge on any atom is -0.336 e. The summed E-state index contributed by atoms with van der Waals surface area (Å²) in [7, 11) is 0. The molecule has 4 nitrogen and oxygen atoms in total. The Morgan fingerprint density at radius 1 is 1.23 bits per heavy atom. The summed E-state index contributed by atoms with van der Waals surface area (Å²) in [5.74, 6) is 0.223. The van der Waals surface area contributed by atoms with Gasteiger partial charge in [-0.3, -0.25) is 9.59 Å². The molecule has 4 heteroatoms. The molecule has 1 aromatic heterocycles. The molecule has 0 aromatic carbocycles. The number of nitrogens with one attached hydrogen (secondary N) is 1. The lowest BCUT2D eigenvalue weighted by Gasteiger charge is -2.30. The van der Waals surface area contributed by atoms with Gasteiger partial charge < -0.3 is 9.88 Å². The maximum atomic E-state index is 12.8. The number of amides is 1. The zero-order valence-corrected chi connectivity index (χ0v) is 14.2. The van der Waals surface area contributed by atoms with Crippen molar-refractivity contribution in [3.8, 4) is 0 Å². The molecule has 0 saturated carbocycles. The van der Waals surface area contributed by atoms with Crippen LogP contribution in [0.4, 0.5) is 0 Å². The molecule has 1 aliphatic rings. The van der Waals surface area contributed by atoms with Gasteiger partial charge in [0, 0.05) is 18.3 Å². The summed E-state index contributed by atoms with van der Waals surface area (Å²) in [6.45, 7) is 8.83. The van der Waals surface area contributed by atoms with Crippen LogP contribution in [0.25, 0.3) is 0 Å². The highest BCUT2D eigenvalue weighted by Gasteiger charge is 2.25. The highest BCUT2D eigenvalue weighted by atomic mass is 16.2. The molecule has 1 unspecified atom stereocenters. The van der Waals surface area contributed by atoms with E-state index in [9.17, 15) is 9.59 Å². The van der Waals surface area contributed by atoms with E-state index in [1.807, 2.05) is 19.9 Å². The molecule has 0 fully saturated rings. The average Bonchev–Trinajstić information content (AvgIpc) is 2.71. The molecule has 1 aliphatic carbocycles. The number of nitrogens with zero attached hydrogens (tertiary/aromatic N) is 1. The van der Waals surface area contributed by atoms with E-state index in [-0.39, 0.29) is 17.5 Å². The van der Waals surface area contributed by atoms with Crippen LogP contribution in [0.1, 0.15) is 68.6 Å². The van der Waals surface area contributed by atoms with Crippen molar-refractivity contribution in [2.24, 2.45) is 5.92 Å². The quantitative estimate of drug-likeness (QED) is 0.869. The monoisotopic (exact) mass is 304 g/mol. The van der Waals surface area contributed by atoms with E-state index in [1.54, 1.807) is 4.90 Å². The summed E-state index contributed by atoms with van der Waals surface area (Å²) in [5.41, 5.74) is 2.24. The van der Waals surface area contributed by atoms with Crippen LogP contribution >= 0.6 is 0 Å². The van der Waals surface area contributed by atoms with E-state index in [0.717, 1.165) is 36.9 Å². The number of aromatic nitrogens is 1. The van der Waals surface area contributed by atoms with E-state index in [2.05, 4.69) is 18.8 Å². The van der Waals surface area contributed by atoms with Crippen LogP contribution in [-0.4, -0.2) is 28.4 Å². The van der Waals surface area contributed by atoms with E-state index in [0.29, 0.717) is 18.0 Å². The minimum atomic E-state index is -0.236. The maximum Gasteiger partial charge on any atom is 0.261 e. The number of pyridine rings is 1. The van der Waals surface area contributed by atoms with Crippen LogP contribution in [0.5, 0.6) is 0 Å². The van der Waals surface area contributed by atoms with Crippen molar-refractivity contribution in [3.05, 3.63) is 33.2 Å². The fraction of sp³-hybridized carbons (Fsp3) is 0.667. The molecule has 1 heterocycles. The Hall–Kier alpha value is -1.58. The van der Waals surface area contributed by atoms with Crippen molar-refractivity contribution in [1.82, 2.24) is 9.88 Å². The first-order chi connectivity index (χ1) is 10.5. The van der Waals surface area contributed by atoms with Gasteiger partial charge in [-0.05, 0) is 57.1 Å². The van der Waals surface area contributed by atoms with Crippen LogP contribution in [0.3, 0.4) is 0 Å². The van der Waals surface area contributed by atoms with E-state index < -0.39 is 0 Å². The highest BCUT2D eigenvalue weighted by Crippen LogP contribution is 2.20. The van der Waals surface area contributed by atoms with Crippen molar-refractivity contribution in [1.29, 1.82) is 0 Å². The van der Waals surface area contributed by atoms with Gasteiger partial charge in [-0.25, -0.2) is 0 Å². The first-order valence-electron chi connectivity index (χ1n) is 8.51. The van der Waals surface area contributed by atoms with Crippen molar-refractivity contribution in [3.63, 3.8) is 0 Å². The van der Waals surface area contributed by atoms with E-state index in [1.165, 1.54) is 6.42 Å². The van der Waals surface area contributed by atoms with Gasteiger partial charge in [0.25, 0.3) is 11.5 Å². The number of hydrogen-bond donors (Lipinski definition) is 1. The first kappa shape index (κ1) is 16.8. The van der Waals surface area contributed by atoms with Crippen molar-refractivity contribution in [2.75, 3.05) is 6.54 Å². The molecule has 0 radical (unpaired) electrons. The zero-order valence-electron chi connectivity index (χ0n) is 14.2. The van der Waals surface area contributed by atoms with Gasteiger partial charge in [-0.2, -0.15) is 0 Å². The van der Waals surface area contributed by atoms with Gasteiger partial charge >= 0.3 is 0 Å². The summed E-state index contributed by atoms with van der Waals surface area (Å²) in [4.78, 5) is 29.9. The number of carbonyl (C=O) groups is 1. The Bertz CT molecular complexity index is 589. The van der Waals surface area contributed by atoms with Gasteiger partial charge in [0.05, 0.1) is 0 Å². The predicted molar refractivity (Wildman–Crippen MR) is 89.3 cm³/mol. The Labute approximate surface area is 132 Å². The Morgan fingerprint density at radius 3 is 2.55 bits per heavy atom. The summed E-state index contributed by atoms with van der Waals surface area (Å²) < 4.78 is 0. The second-order valence-corrected chi connectivity index (χ2v) is 6.65. The third kappa shape index (κ3) is 3.42. The SMILES string of the molecule is CCN(C(=O)c1cc2c([nH]c1=O)CCCCC2)C(C)C(C)C. The highest BCUT2D eigenvalue weighted by molar-refractivity contribution is 5.94. The summed E-state index contributed by atoms with van der Waals surface area (Å²) in [6, 6.07) is 1.97. The van der Waals surface area contributed by atoms with Gasteiger partial charge in [0.1, 0.15) is 5.56 Å². The first-order valence-corrected chi connectivity index (χ1v) is 8.51. The number of fused-ring (bicyclic) bond motifs is 1. The Balaban J connectivity index is 2.37. The number of aromatic amines is 1. The van der Waals surface area contributed by atoms with Crippen LogP contribution in [0, 0.1) is 5.92 Å². The average molecular weight is 304 g/mol. The van der Waals surface area contributed by atoms with Gasteiger partial charge in [-0.1, -0.05) is 20.3 Å². The molecule has 0 spiro atoms. The number of H-pyrrole nitrogens is 1. The number of aryl methyl sites for hydroxylation is 2. The lowest BCUT2D eigenvalue weighted by Crippen LogP contribution is -2.43. The second kappa shape index (κ2) is 7.12. The number of rotatable bonds is 4. The summed E-state index contributed by atoms with van der Waals surface area (Å²) in [6.07, 6.45) is 5.30. The normalized spacial score (nSPS) is 16.0. The molecule has 0 bridgehead atoms. The smallest absolute Gasteiger partial charge is 0.261 e. The molecule has 1 atom stereocenters. The molecule has 1 amide bonds. The molecular formula is C18H28N2O2. The molecule has 1 N–H and O–H groups in total. The molecule has 0 aliphatic heterocycles. The lowest BCUT2D eigenvalue weighted by molar-refractivity contribution is 0.0658. The van der Waals surface area contributed by atoms with Gasteiger partial charge in [0.15, 0.2) is 0 Å². The largest absolute Gasteiger partial charge is 0.336 e. The van der Waals surface area contributed by atoms with E-state index >= 15 is 0 Å². The lowest BCUT2D eigenvalue weighted by atomic mass is 10.0. The standard InChI is InChI=1S/C18H28N2O2/c1-5-20(13(4)12(2)3)18(22)15-11-14-9-7-6-8-10-16(14)19-17(15)21/h11-13H,5-10H2,1-4H3,(H,19,21). The van der Waals surface area contributed by atoms with Crippen LogP contribution in [-0.2, 0) is 12.8 Å². The molecule has 0 saturated heterocycles. The minimum absolute atomic E-state index is 0.121. The number of carbonyl (C=O) groups excluding carboxylic acids is 1. The van der Waals surface area contributed by atoms with Crippen LogP contribution in [0.15, 0.2) is 10.9 Å². The van der Waals surface area contributed by atoms with Crippen molar-refractivity contribution < 1.29 is 4.79 Å². The summed E-state index contributed by atoms with van der Waals surface area (Å²) >= 11 is 0. The molecule has 2 rings (SSSR count). The molecule has 22 heavy (non-hydrogen) atoms. The van der Waals surface area contributed by atoms with Crippen LogP contribution in [0.2, 0.25) is 0 Å². The molecular weight excluding hydrogens is 276 g/mol. The Kier molecular flexibility index (Phi) is 5.43. The summed E-state index contributed by atoms with van der Waals surface area (Å²) in [5, 5.41) is 0. The fourth-order valence-corrected chi connectivity index (χ4v) is 3.14. The Morgan fingerprint density at radius 2 is 1.91 bits per heavy atom. The topological polar surface area (TPSA) is 53.2 Å². The molecule has 122 valence electrons. The van der Waals surface area contributed by atoms with Crippen molar-refractivity contribution >= 4 is 5.91 Å². The zero-order chi connectivity index (χ0) is 16.3. The predicted octanol–water partition coefficient (Wildman–Crippen LogP) is 3.15. The fourth-order valence-electron chi connectivity index (χ4n) is 3.14. The third-order valence-electron chi connectivity index (χ3n) is 4.88. The third-order valence-corrected chi connectivity index (χ3v) is 4.88. The number of hydrogen-bond acceptors (Lipinski definition) is 2. The van der Waals surface area contributed by atoms with Crippen molar-refractivity contribution in [2.45, 2.75) is 65.8 Å². The van der Waals surface area contributed by atoms with E-state index in [4.69, 9.17) is 0 Å². The van der Waals surface area contributed by atoms with Crippen LogP contribution < -0.4 is 5.56 Å².